The van der Waals surface area contributed by atoms with E-state index in [1.807, 2.05) is 47.4 Å². The van der Waals surface area contributed by atoms with Crippen LogP contribution in [0.5, 0.6) is 17.2 Å². The fourth-order valence-electron chi connectivity index (χ4n) is 3.40. The molecule has 2 aromatic rings. The standard InChI is InChI=1S/C22H27BrN2O4/c1-16(29-19-6-4-18(23)5-7-19)22(26)25-12-10-24(11-13-25)15-17-14-20(27-2)8-9-21(17)28-3/h4-9,14,16H,10-13,15H2,1-3H3. The van der Waals surface area contributed by atoms with E-state index in [4.69, 9.17) is 14.2 Å². The minimum absolute atomic E-state index is 0.0199. The molecule has 29 heavy (non-hydrogen) atoms. The minimum Gasteiger partial charge on any atom is -0.497 e. The predicted molar refractivity (Wildman–Crippen MR) is 116 cm³/mol. The second kappa shape index (κ2) is 9.98. The number of rotatable bonds is 7. The van der Waals surface area contributed by atoms with E-state index in [1.54, 1.807) is 21.1 Å². The van der Waals surface area contributed by atoms with E-state index in [-0.39, 0.29) is 5.91 Å². The first kappa shape index (κ1) is 21.5. The summed E-state index contributed by atoms with van der Waals surface area (Å²) in [5.74, 6) is 2.37. The highest BCUT2D eigenvalue weighted by molar-refractivity contribution is 9.10. The van der Waals surface area contributed by atoms with E-state index in [0.717, 1.165) is 41.2 Å². The summed E-state index contributed by atoms with van der Waals surface area (Å²) >= 11 is 3.40. The van der Waals surface area contributed by atoms with Gasteiger partial charge in [-0.1, -0.05) is 15.9 Å². The van der Waals surface area contributed by atoms with Crippen LogP contribution in [0.25, 0.3) is 0 Å². The van der Waals surface area contributed by atoms with Crippen LogP contribution in [0.4, 0.5) is 0 Å². The molecule has 0 aliphatic carbocycles. The summed E-state index contributed by atoms with van der Waals surface area (Å²) in [4.78, 5) is 17.0. The number of nitrogens with zero attached hydrogens (tertiary/aromatic N) is 2. The molecular formula is C22H27BrN2O4. The third-order valence-corrected chi connectivity index (χ3v) is 5.57. The molecular weight excluding hydrogens is 436 g/mol. The number of piperazine rings is 1. The lowest BCUT2D eigenvalue weighted by atomic mass is 10.1. The van der Waals surface area contributed by atoms with Gasteiger partial charge in [-0.2, -0.15) is 0 Å². The van der Waals surface area contributed by atoms with Crippen molar-refractivity contribution >= 4 is 21.8 Å². The second-order valence-electron chi connectivity index (χ2n) is 6.99. The molecule has 0 radical (unpaired) electrons. The topological polar surface area (TPSA) is 51.2 Å². The van der Waals surface area contributed by atoms with Gasteiger partial charge < -0.3 is 19.1 Å². The molecule has 1 fully saturated rings. The van der Waals surface area contributed by atoms with Gasteiger partial charge in [0.25, 0.3) is 5.91 Å². The highest BCUT2D eigenvalue weighted by Crippen LogP contribution is 2.26. The highest BCUT2D eigenvalue weighted by atomic mass is 79.9. The first-order valence-corrected chi connectivity index (χ1v) is 10.4. The number of benzene rings is 2. The van der Waals surface area contributed by atoms with Crippen LogP contribution in [0.2, 0.25) is 0 Å². The molecule has 1 aliphatic heterocycles. The predicted octanol–water partition coefficient (Wildman–Crippen LogP) is 3.58. The zero-order valence-corrected chi connectivity index (χ0v) is 18.6. The maximum absolute atomic E-state index is 12.8. The van der Waals surface area contributed by atoms with Crippen molar-refractivity contribution in [3.8, 4) is 17.2 Å². The number of hydrogen-bond acceptors (Lipinski definition) is 5. The molecule has 7 heteroatoms. The molecule has 2 aromatic carbocycles. The molecule has 1 unspecified atom stereocenters. The van der Waals surface area contributed by atoms with Crippen LogP contribution in [0.3, 0.4) is 0 Å². The normalized spacial score (nSPS) is 15.7. The second-order valence-corrected chi connectivity index (χ2v) is 7.91. The molecule has 1 aliphatic rings. The maximum Gasteiger partial charge on any atom is 0.263 e. The van der Waals surface area contributed by atoms with Gasteiger partial charge in [0.1, 0.15) is 17.2 Å². The van der Waals surface area contributed by atoms with Crippen LogP contribution in [-0.4, -0.2) is 62.2 Å². The summed E-state index contributed by atoms with van der Waals surface area (Å²) in [6.45, 7) is 5.53. The lowest BCUT2D eigenvalue weighted by molar-refractivity contribution is -0.139. The van der Waals surface area contributed by atoms with Gasteiger partial charge in [0.15, 0.2) is 6.10 Å². The van der Waals surface area contributed by atoms with Crippen molar-refractivity contribution < 1.29 is 19.0 Å². The van der Waals surface area contributed by atoms with Crippen LogP contribution < -0.4 is 14.2 Å². The Labute approximate surface area is 180 Å². The van der Waals surface area contributed by atoms with E-state index in [1.165, 1.54) is 0 Å². The van der Waals surface area contributed by atoms with Crippen molar-refractivity contribution in [2.45, 2.75) is 19.6 Å². The molecule has 0 saturated carbocycles. The number of halogens is 1. The Kier molecular flexibility index (Phi) is 7.39. The van der Waals surface area contributed by atoms with Crippen molar-refractivity contribution in [2.24, 2.45) is 0 Å². The van der Waals surface area contributed by atoms with Crippen molar-refractivity contribution in [2.75, 3.05) is 40.4 Å². The number of methoxy groups -OCH3 is 2. The molecule has 156 valence electrons. The average Bonchev–Trinajstić information content (AvgIpc) is 2.75. The number of ether oxygens (including phenoxy) is 3. The molecule has 1 amide bonds. The Balaban J connectivity index is 1.53. The van der Waals surface area contributed by atoms with Gasteiger partial charge in [0.05, 0.1) is 14.2 Å². The molecule has 0 aromatic heterocycles. The fourth-order valence-corrected chi connectivity index (χ4v) is 3.66. The Morgan fingerprint density at radius 1 is 1.00 bits per heavy atom. The average molecular weight is 463 g/mol. The monoisotopic (exact) mass is 462 g/mol. The quantitative estimate of drug-likeness (QED) is 0.629. The van der Waals surface area contributed by atoms with Gasteiger partial charge in [-0.25, -0.2) is 0 Å². The Morgan fingerprint density at radius 3 is 2.28 bits per heavy atom. The van der Waals surface area contributed by atoms with Gasteiger partial charge in [0, 0.05) is 42.8 Å². The highest BCUT2D eigenvalue weighted by Gasteiger charge is 2.26. The van der Waals surface area contributed by atoms with Gasteiger partial charge >= 0.3 is 0 Å². The summed E-state index contributed by atoms with van der Waals surface area (Å²) < 4.78 is 17.6. The zero-order valence-electron chi connectivity index (χ0n) is 17.1. The van der Waals surface area contributed by atoms with Crippen LogP contribution in [0.15, 0.2) is 46.9 Å². The third kappa shape index (κ3) is 5.64. The van der Waals surface area contributed by atoms with Crippen molar-refractivity contribution in [1.29, 1.82) is 0 Å². The van der Waals surface area contributed by atoms with Crippen molar-refractivity contribution in [3.05, 3.63) is 52.5 Å². The van der Waals surface area contributed by atoms with Gasteiger partial charge in [-0.15, -0.1) is 0 Å². The summed E-state index contributed by atoms with van der Waals surface area (Å²) in [5, 5.41) is 0. The molecule has 1 saturated heterocycles. The summed E-state index contributed by atoms with van der Waals surface area (Å²) in [6.07, 6.45) is -0.513. The molecule has 0 bridgehead atoms. The fraction of sp³-hybridized carbons (Fsp3) is 0.409. The van der Waals surface area contributed by atoms with Crippen LogP contribution in [0, 0.1) is 0 Å². The first-order chi connectivity index (χ1) is 14.0. The summed E-state index contributed by atoms with van der Waals surface area (Å²) in [6, 6.07) is 13.3. The Morgan fingerprint density at radius 2 is 1.66 bits per heavy atom. The van der Waals surface area contributed by atoms with Crippen LogP contribution in [-0.2, 0) is 11.3 Å². The lowest BCUT2D eigenvalue weighted by Gasteiger charge is -2.36. The number of carbonyl (C=O) groups is 1. The first-order valence-electron chi connectivity index (χ1n) is 9.64. The number of carbonyl (C=O) groups excluding carboxylic acids is 1. The van der Waals surface area contributed by atoms with Crippen molar-refractivity contribution in [1.82, 2.24) is 9.80 Å². The van der Waals surface area contributed by atoms with E-state index >= 15 is 0 Å². The smallest absolute Gasteiger partial charge is 0.263 e. The maximum atomic E-state index is 12.8. The van der Waals surface area contributed by atoms with Gasteiger partial charge in [-0.05, 0) is 49.4 Å². The van der Waals surface area contributed by atoms with E-state index in [0.29, 0.717) is 18.8 Å². The van der Waals surface area contributed by atoms with Crippen LogP contribution >= 0.6 is 15.9 Å². The SMILES string of the molecule is COc1ccc(OC)c(CN2CCN(C(=O)C(C)Oc3ccc(Br)cc3)CC2)c1. The largest absolute Gasteiger partial charge is 0.497 e. The minimum atomic E-state index is -0.513. The Hall–Kier alpha value is -2.25. The third-order valence-electron chi connectivity index (χ3n) is 5.04. The molecule has 3 rings (SSSR count). The summed E-state index contributed by atoms with van der Waals surface area (Å²) in [7, 11) is 3.34. The lowest BCUT2D eigenvalue weighted by Crippen LogP contribution is -2.51. The molecule has 0 spiro atoms. The summed E-state index contributed by atoms with van der Waals surface area (Å²) in [5.41, 5.74) is 1.08. The number of hydrogen-bond donors (Lipinski definition) is 0. The molecule has 1 heterocycles. The molecule has 1 atom stereocenters. The Bertz CT molecular complexity index is 820. The zero-order chi connectivity index (χ0) is 20.8. The van der Waals surface area contributed by atoms with Gasteiger partial charge in [0.2, 0.25) is 0 Å². The van der Waals surface area contributed by atoms with Crippen LogP contribution in [0.1, 0.15) is 12.5 Å². The van der Waals surface area contributed by atoms with E-state index < -0.39 is 6.10 Å². The molecule has 0 N–H and O–H groups in total. The van der Waals surface area contributed by atoms with E-state index in [9.17, 15) is 4.79 Å². The van der Waals surface area contributed by atoms with Gasteiger partial charge in [-0.3, -0.25) is 9.69 Å². The molecule has 6 nitrogen and oxygen atoms in total. The number of amides is 1. The van der Waals surface area contributed by atoms with E-state index in [2.05, 4.69) is 20.8 Å². The van der Waals surface area contributed by atoms with Crippen molar-refractivity contribution in [3.63, 3.8) is 0 Å².